The van der Waals surface area contributed by atoms with Crippen molar-refractivity contribution in [1.82, 2.24) is 9.55 Å². The van der Waals surface area contributed by atoms with Crippen molar-refractivity contribution in [3.63, 3.8) is 0 Å². The summed E-state index contributed by atoms with van der Waals surface area (Å²) in [5.74, 6) is 0.660. The Morgan fingerprint density at radius 3 is 2.62 bits per heavy atom. The molecule has 1 saturated carbocycles. The van der Waals surface area contributed by atoms with Crippen LogP contribution in [0.2, 0.25) is 0 Å². The second kappa shape index (κ2) is 5.91. The number of alkyl halides is 4. The summed E-state index contributed by atoms with van der Waals surface area (Å²) in [6.45, 7) is 3.65. The van der Waals surface area contributed by atoms with Gasteiger partial charge in [-0.2, -0.15) is 13.2 Å². The number of imidazole rings is 1. The Kier molecular flexibility index (Phi) is 4.32. The predicted molar refractivity (Wildman–Crippen MR) is 87.7 cm³/mol. The number of rotatable bonds is 4. The fraction of sp³-hybridized carbons (Fsp3) is 0.562. The van der Waals surface area contributed by atoms with Gasteiger partial charge in [0, 0.05) is 17.4 Å². The van der Waals surface area contributed by atoms with Gasteiger partial charge in [-0.1, -0.05) is 15.9 Å². The van der Waals surface area contributed by atoms with Gasteiger partial charge in [0.05, 0.1) is 28.8 Å². The zero-order chi connectivity index (χ0) is 17.7. The van der Waals surface area contributed by atoms with E-state index in [0.717, 1.165) is 6.07 Å². The van der Waals surface area contributed by atoms with E-state index in [1.54, 1.807) is 18.4 Å². The van der Waals surface area contributed by atoms with Crippen molar-refractivity contribution in [2.24, 2.45) is 0 Å². The molecule has 0 radical (unpaired) electrons. The summed E-state index contributed by atoms with van der Waals surface area (Å²) >= 11 is 3.19. The Labute approximate surface area is 145 Å². The summed E-state index contributed by atoms with van der Waals surface area (Å²) in [6, 6.07) is 2.38. The first-order valence-electron chi connectivity index (χ1n) is 7.63. The summed E-state index contributed by atoms with van der Waals surface area (Å²) in [4.78, 5) is 4.30. The zero-order valence-electron chi connectivity index (χ0n) is 13.3. The van der Waals surface area contributed by atoms with Gasteiger partial charge >= 0.3 is 6.18 Å². The lowest BCUT2D eigenvalue weighted by Crippen LogP contribution is -2.42. The van der Waals surface area contributed by atoms with Gasteiger partial charge in [0.15, 0.2) is 0 Å². The van der Waals surface area contributed by atoms with E-state index in [1.165, 1.54) is 6.07 Å². The van der Waals surface area contributed by atoms with Crippen LogP contribution in [0.15, 0.2) is 12.1 Å². The number of fused-ring (bicyclic) bond motifs is 1. The highest BCUT2D eigenvalue weighted by Gasteiger charge is 2.43. The van der Waals surface area contributed by atoms with Gasteiger partial charge in [0.1, 0.15) is 11.6 Å². The van der Waals surface area contributed by atoms with E-state index in [4.69, 9.17) is 4.74 Å². The van der Waals surface area contributed by atoms with E-state index in [2.05, 4.69) is 20.9 Å². The third kappa shape index (κ3) is 3.13. The minimum Gasteiger partial charge on any atom is -0.493 e. The Balaban J connectivity index is 2.15. The summed E-state index contributed by atoms with van der Waals surface area (Å²) in [5, 5.41) is 10.5. The van der Waals surface area contributed by atoms with Crippen LogP contribution in [-0.4, -0.2) is 32.2 Å². The van der Waals surface area contributed by atoms with Crippen LogP contribution in [0.4, 0.5) is 13.2 Å². The van der Waals surface area contributed by atoms with Crippen molar-refractivity contribution < 1.29 is 23.0 Å². The standard InChI is InChI=1S/C16H18BrF3N2O2/c1-9-21-13-6-11(24-4-3-17)5-12(16(18,19)20)14(13)22(9)10-7-15(2,23)8-10/h5-6,10,23H,3-4,7-8H2,1-2H3. The van der Waals surface area contributed by atoms with Crippen LogP contribution in [0.1, 0.15) is 37.2 Å². The molecule has 1 aromatic heterocycles. The number of aryl methyl sites for hydroxylation is 1. The third-order valence-electron chi connectivity index (χ3n) is 4.30. The lowest BCUT2D eigenvalue weighted by Gasteiger charge is -2.42. The summed E-state index contributed by atoms with van der Waals surface area (Å²) in [5.41, 5.74) is -1.26. The molecular formula is C16H18BrF3N2O2. The average Bonchev–Trinajstić information content (AvgIpc) is 2.75. The van der Waals surface area contributed by atoms with Gasteiger partial charge in [-0.3, -0.25) is 0 Å². The fourth-order valence-corrected chi connectivity index (χ4v) is 3.52. The molecule has 1 N–H and O–H groups in total. The van der Waals surface area contributed by atoms with E-state index in [9.17, 15) is 18.3 Å². The number of halogens is 4. The molecule has 1 aromatic carbocycles. The Hall–Kier alpha value is -1.28. The largest absolute Gasteiger partial charge is 0.493 e. The summed E-state index contributed by atoms with van der Waals surface area (Å²) in [6.07, 6.45) is -3.68. The lowest BCUT2D eigenvalue weighted by atomic mass is 9.77. The van der Waals surface area contributed by atoms with Gasteiger partial charge in [-0.25, -0.2) is 4.98 Å². The smallest absolute Gasteiger partial charge is 0.418 e. The molecule has 4 nitrogen and oxygen atoms in total. The molecule has 24 heavy (non-hydrogen) atoms. The van der Waals surface area contributed by atoms with Crippen LogP contribution in [-0.2, 0) is 6.18 Å². The number of hydrogen-bond acceptors (Lipinski definition) is 3. The van der Waals surface area contributed by atoms with Crippen LogP contribution >= 0.6 is 15.9 Å². The minimum absolute atomic E-state index is 0.0618. The Morgan fingerprint density at radius 1 is 1.42 bits per heavy atom. The molecule has 0 saturated heterocycles. The Morgan fingerprint density at radius 2 is 2.08 bits per heavy atom. The predicted octanol–water partition coefficient (Wildman–Crippen LogP) is 4.22. The van der Waals surface area contributed by atoms with E-state index in [0.29, 0.717) is 24.0 Å². The maximum atomic E-state index is 13.6. The topological polar surface area (TPSA) is 47.3 Å². The minimum atomic E-state index is -4.51. The van der Waals surface area contributed by atoms with Crippen LogP contribution in [0.3, 0.4) is 0 Å². The number of nitrogens with zero attached hydrogens (tertiary/aromatic N) is 2. The first kappa shape index (κ1) is 17.5. The molecule has 1 aliphatic carbocycles. The van der Waals surface area contributed by atoms with Gasteiger partial charge in [-0.05, 0) is 32.8 Å². The number of aromatic nitrogens is 2. The SMILES string of the molecule is Cc1nc2cc(OCCBr)cc(C(F)(F)F)c2n1C1CC(C)(O)C1. The average molecular weight is 407 g/mol. The van der Waals surface area contributed by atoms with E-state index >= 15 is 0 Å². The molecule has 1 fully saturated rings. The zero-order valence-corrected chi connectivity index (χ0v) is 14.9. The monoisotopic (exact) mass is 406 g/mol. The quantitative estimate of drug-likeness (QED) is 0.773. The maximum Gasteiger partial charge on any atom is 0.418 e. The number of hydrogen-bond donors (Lipinski definition) is 1. The highest BCUT2D eigenvalue weighted by Crippen LogP contribution is 2.46. The second-order valence-electron chi connectivity index (χ2n) is 6.46. The summed E-state index contributed by atoms with van der Waals surface area (Å²) < 4.78 is 47.7. The Bertz CT molecular complexity index is 763. The van der Waals surface area contributed by atoms with Crippen molar-refractivity contribution in [3.05, 3.63) is 23.5 Å². The van der Waals surface area contributed by atoms with Crippen LogP contribution in [0.5, 0.6) is 5.75 Å². The highest BCUT2D eigenvalue weighted by molar-refractivity contribution is 9.09. The second-order valence-corrected chi connectivity index (χ2v) is 7.25. The van der Waals surface area contributed by atoms with Crippen molar-refractivity contribution in [2.75, 3.05) is 11.9 Å². The van der Waals surface area contributed by atoms with Crippen molar-refractivity contribution in [3.8, 4) is 5.75 Å². The fourth-order valence-electron chi connectivity index (χ4n) is 3.36. The van der Waals surface area contributed by atoms with Crippen LogP contribution in [0.25, 0.3) is 11.0 Å². The molecule has 1 heterocycles. The molecular weight excluding hydrogens is 389 g/mol. The lowest BCUT2D eigenvalue weighted by molar-refractivity contribution is -0.136. The number of aliphatic hydroxyl groups is 1. The molecule has 0 bridgehead atoms. The van der Waals surface area contributed by atoms with Crippen LogP contribution < -0.4 is 4.74 Å². The molecule has 0 unspecified atom stereocenters. The van der Waals surface area contributed by atoms with E-state index in [-0.39, 0.29) is 29.4 Å². The molecule has 132 valence electrons. The van der Waals surface area contributed by atoms with Gasteiger partial charge in [-0.15, -0.1) is 0 Å². The molecule has 0 aliphatic heterocycles. The van der Waals surface area contributed by atoms with Crippen molar-refractivity contribution in [1.29, 1.82) is 0 Å². The van der Waals surface area contributed by atoms with Crippen molar-refractivity contribution in [2.45, 2.75) is 44.5 Å². The molecule has 2 aromatic rings. The maximum absolute atomic E-state index is 13.6. The molecule has 1 aliphatic rings. The van der Waals surface area contributed by atoms with Gasteiger partial charge < -0.3 is 14.4 Å². The van der Waals surface area contributed by atoms with Crippen molar-refractivity contribution >= 4 is 27.0 Å². The first-order valence-corrected chi connectivity index (χ1v) is 8.75. The highest BCUT2D eigenvalue weighted by atomic mass is 79.9. The van der Waals surface area contributed by atoms with E-state index in [1.807, 2.05) is 0 Å². The normalized spacial score (nSPS) is 24.2. The molecule has 3 rings (SSSR count). The first-order chi connectivity index (χ1) is 11.1. The van der Waals surface area contributed by atoms with Crippen LogP contribution in [0, 0.1) is 6.92 Å². The third-order valence-corrected chi connectivity index (χ3v) is 4.63. The van der Waals surface area contributed by atoms with Gasteiger partial charge in [0.25, 0.3) is 0 Å². The van der Waals surface area contributed by atoms with E-state index < -0.39 is 17.3 Å². The molecule has 0 amide bonds. The van der Waals surface area contributed by atoms with Gasteiger partial charge in [0.2, 0.25) is 0 Å². The molecule has 8 heteroatoms. The molecule has 0 spiro atoms. The number of benzene rings is 1. The summed E-state index contributed by atoms with van der Waals surface area (Å²) in [7, 11) is 0. The number of ether oxygens (including phenoxy) is 1. The molecule has 0 atom stereocenters.